The number of hydrogen-bond acceptors (Lipinski definition) is 2. The third kappa shape index (κ3) is 2.80. The Morgan fingerprint density at radius 1 is 1.36 bits per heavy atom. The highest BCUT2D eigenvalue weighted by atomic mass is 16.5. The molecule has 0 radical (unpaired) electrons. The molecule has 1 rings (SSSR count). The van der Waals surface area contributed by atoms with Crippen molar-refractivity contribution in [1.82, 2.24) is 0 Å². The van der Waals surface area contributed by atoms with Crippen molar-refractivity contribution in [2.24, 2.45) is 5.92 Å². The van der Waals surface area contributed by atoms with Crippen LogP contribution in [0.3, 0.4) is 0 Å². The maximum Gasteiger partial charge on any atom is 0.325 e. The van der Waals surface area contributed by atoms with Crippen LogP contribution in [0.1, 0.15) is 18.1 Å². The van der Waals surface area contributed by atoms with E-state index in [0.717, 1.165) is 5.56 Å². The first-order valence-electron chi connectivity index (χ1n) is 4.63. The molecule has 14 heavy (non-hydrogen) atoms. The Kier molecular flexibility index (Phi) is 3.57. The van der Waals surface area contributed by atoms with E-state index in [-0.39, 0.29) is 11.9 Å². The second-order valence-corrected chi connectivity index (χ2v) is 3.39. The topological polar surface area (TPSA) is 26.3 Å². The Morgan fingerprint density at radius 3 is 2.43 bits per heavy atom. The zero-order chi connectivity index (χ0) is 10.6. The fraction of sp³-hybridized carbons (Fsp3) is 0.333. The zero-order valence-corrected chi connectivity index (χ0v) is 8.78. The predicted molar refractivity (Wildman–Crippen MR) is 55.8 cm³/mol. The second kappa shape index (κ2) is 4.70. The molecule has 0 saturated carbocycles. The summed E-state index contributed by atoms with van der Waals surface area (Å²) in [5.41, 5.74) is 2.27. The molecule has 0 aliphatic heterocycles. The monoisotopic (exact) mass is 191 g/mol. The SMILES string of the molecule is COC(=O)C(C)[CH+]c1ccc(C)cc1. The van der Waals surface area contributed by atoms with E-state index in [1.165, 1.54) is 12.7 Å². The van der Waals surface area contributed by atoms with Crippen molar-refractivity contribution in [3.05, 3.63) is 41.8 Å². The van der Waals surface area contributed by atoms with E-state index in [0.29, 0.717) is 0 Å². The van der Waals surface area contributed by atoms with Gasteiger partial charge in [0.1, 0.15) is 11.5 Å². The molecule has 0 fully saturated rings. The van der Waals surface area contributed by atoms with Crippen LogP contribution < -0.4 is 0 Å². The van der Waals surface area contributed by atoms with Crippen LogP contribution in [-0.2, 0) is 9.53 Å². The molecule has 1 atom stereocenters. The van der Waals surface area contributed by atoms with Crippen LogP contribution in [0.25, 0.3) is 0 Å². The van der Waals surface area contributed by atoms with Crippen molar-refractivity contribution < 1.29 is 9.53 Å². The van der Waals surface area contributed by atoms with E-state index in [1.807, 2.05) is 44.5 Å². The fourth-order valence-corrected chi connectivity index (χ4v) is 1.22. The number of methoxy groups -OCH3 is 1. The molecule has 0 saturated heterocycles. The van der Waals surface area contributed by atoms with Crippen LogP contribution in [-0.4, -0.2) is 13.1 Å². The molecule has 0 aromatic heterocycles. The summed E-state index contributed by atoms with van der Waals surface area (Å²) in [6, 6.07) is 8.04. The minimum atomic E-state index is -0.203. The lowest BCUT2D eigenvalue weighted by Gasteiger charge is -2.03. The van der Waals surface area contributed by atoms with Crippen LogP contribution in [0.4, 0.5) is 0 Å². The third-order valence-corrected chi connectivity index (χ3v) is 2.09. The Bertz CT molecular complexity index is 301. The van der Waals surface area contributed by atoms with Crippen molar-refractivity contribution in [3.8, 4) is 0 Å². The van der Waals surface area contributed by atoms with E-state index in [2.05, 4.69) is 4.74 Å². The average molecular weight is 191 g/mol. The van der Waals surface area contributed by atoms with Gasteiger partial charge < -0.3 is 4.74 Å². The number of esters is 1. The lowest BCUT2D eigenvalue weighted by Crippen LogP contribution is -2.13. The Balaban J connectivity index is 2.60. The Hall–Kier alpha value is -1.44. The van der Waals surface area contributed by atoms with E-state index in [1.54, 1.807) is 0 Å². The molecule has 0 heterocycles. The van der Waals surface area contributed by atoms with Crippen molar-refractivity contribution >= 4 is 5.97 Å². The highest BCUT2D eigenvalue weighted by molar-refractivity contribution is 5.74. The number of carbonyl (C=O) groups is 1. The average Bonchev–Trinajstić information content (AvgIpc) is 2.20. The summed E-state index contributed by atoms with van der Waals surface area (Å²) in [6.45, 7) is 3.86. The number of carbonyl (C=O) groups excluding carboxylic acids is 1. The summed E-state index contributed by atoms with van der Waals surface area (Å²) in [4.78, 5) is 11.1. The van der Waals surface area contributed by atoms with Crippen molar-refractivity contribution in [2.75, 3.05) is 7.11 Å². The predicted octanol–water partition coefficient (Wildman–Crippen LogP) is 2.36. The lowest BCUT2D eigenvalue weighted by atomic mass is 10.0. The van der Waals surface area contributed by atoms with Crippen LogP contribution in [0.2, 0.25) is 0 Å². The van der Waals surface area contributed by atoms with Gasteiger partial charge in [0.15, 0.2) is 0 Å². The van der Waals surface area contributed by atoms with Gasteiger partial charge in [-0.25, -0.2) is 0 Å². The summed E-state index contributed by atoms with van der Waals surface area (Å²) in [7, 11) is 1.40. The maximum absolute atomic E-state index is 11.1. The summed E-state index contributed by atoms with van der Waals surface area (Å²) >= 11 is 0. The fourth-order valence-electron chi connectivity index (χ4n) is 1.22. The first kappa shape index (κ1) is 10.6. The molecule has 0 spiro atoms. The number of ether oxygens (including phenoxy) is 1. The van der Waals surface area contributed by atoms with Crippen molar-refractivity contribution in [3.63, 3.8) is 0 Å². The minimum Gasteiger partial charge on any atom is -0.468 e. The molecule has 1 aromatic carbocycles. The van der Waals surface area contributed by atoms with E-state index in [4.69, 9.17) is 0 Å². The van der Waals surface area contributed by atoms with Crippen LogP contribution in [0.5, 0.6) is 0 Å². The molecule has 0 aliphatic rings. The van der Waals surface area contributed by atoms with Gasteiger partial charge in [-0.1, -0.05) is 0 Å². The molecule has 74 valence electrons. The number of rotatable bonds is 3. The van der Waals surface area contributed by atoms with Crippen LogP contribution in [0, 0.1) is 19.3 Å². The minimum absolute atomic E-state index is 0.192. The summed E-state index contributed by atoms with van der Waals surface area (Å²) in [5.74, 6) is -0.395. The van der Waals surface area contributed by atoms with Gasteiger partial charge >= 0.3 is 5.97 Å². The molecular weight excluding hydrogens is 176 g/mol. The van der Waals surface area contributed by atoms with Gasteiger partial charge in [0.2, 0.25) is 0 Å². The van der Waals surface area contributed by atoms with E-state index < -0.39 is 0 Å². The number of aryl methyl sites for hydroxylation is 1. The van der Waals surface area contributed by atoms with Gasteiger partial charge in [0, 0.05) is 18.6 Å². The van der Waals surface area contributed by atoms with Gasteiger partial charge in [-0.2, -0.15) is 0 Å². The van der Waals surface area contributed by atoms with Gasteiger partial charge in [-0.05, 0) is 31.5 Å². The maximum atomic E-state index is 11.1. The molecule has 1 aromatic rings. The highest BCUT2D eigenvalue weighted by Crippen LogP contribution is 2.12. The second-order valence-electron chi connectivity index (χ2n) is 3.39. The number of hydrogen-bond donors (Lipinski definition) is 0. The highest BCUT2D eigenvalue weighted by Gasteiger charge is 2.18. The molecule has 0 aliphatic carbocycles. The van der Waals surface area contributed by atoms with Crippen molar-refractivity contribution in [1.29, 1.82) is 0 Å². The quantitative estimate of drug-likeness (QED) is 0.541. The van der Waals surface area contributed by atoms with Gasteiger partial charge in [-0.3, -0.25) is 4.79 Å². The van der Waals surface area contributed by atoms with Crippen molar-refractivity contribution in [2.45, 2.75) is 13.8 Å². The molecule has 1 unspecified atom stereocenters. The molecule has 2 heteroatoms. The zero-order valence-electron chi connectivity index (χ0n) is 8.78. The molecular formula is C12H15O2+. The summed E-state index contributed by atoms with van der Waals surface area (Å²) in [5, 5.41) is 0. The normalized spacial score (nSPS) is 11.9. The van der Waals surface area contributed by atoms with Gasteiger partial charge in [-0.15, -0.1) is 0 Å². The largest absolute Gasteiger partial charge is 0.468 e. The molecule has 0 bridgehead atoms. The summed E-state index contributed by atoms with van der Waals surface area (Å²) in [6.07, 6.45) is 1.89. The van der Waals surface area contributed by atoms with Gasteiger partial charge in [0.05, 0.1) is 7.11 Å². The first-order valence-corrected chi connectivity index (χ1v) is 4.63. The van der Waals surface area contributed by atoms with E-state index >= 15 is 0 Å². The number of benzene rings is 1. The van der Waals surface area contributed by atoms with Crippen LogP contribution >= 0.6 is 0 Å². The first-order chi connectivity index (χ1) is 6.63. The lowest BCUT2D eigenvalue weighted by molar-refractivity contribution is -0.143. The molecule has 0 amide bonds. The Labute approximate surface area is 84.9 Å². The van der Waals surface area contributed by atoms with Crippen LogP contribution in [0.15, 0.2) is 24.3 Å². The Morgan fingerprint density at radius 2 is 1.93 bits per heavy atom. The standard InChI is InChI=1S/C12H15O2/c1-9-4-6-11(7-5-9)8-10(2)12(13)14-3/h4-8,10H,1-3H3/q+1. The van der Waals surface area contributed by atoms with E-state index in [9.17, 15) is 4.79 Å². The van der Waals surface area contributed by atoms with Gasteiger partial charge in [0.25, 0.3) is 0 Å². The molecule has 2 nitrogen and oxygen atoms in total. The smallest absolute Gasteiger partial charge is 0.325 e. The molecule has 0 N–H and O–H groups in total. The third-order valence-electron chi connectivity index (χ3n) is 2.09. The summed E-state index contributed by atoms with van der Waals surface area (Å²) < 4.78 is 4.64.